The second kappa shape index (κ2) is 4.66. The van der Waals surface area contributed by atoms with E-state index in [2.05, 4.69) is 9.97 Å². The lowest BCUT2D eigenvalue weighted by Gasteiger charge is -2.28. The second-order valence-electron chi connectivity index (χ2n) is 3.88. The minimum absolute atomic E-state index is 0.349. The van der Waals surface area contributed by atoms with Gasteiger partial charge in [0.2, 0.25) is 5.95 Å². The lowest BCUT2D eigenvalue weighted by atomic mass is 9.96. The van der Waals surface area contributed by atoms with Crippen LogP contribution in [0.25, 0.3) is 0 Å². The fraction of sp³-hybridized carbons (Fsp3) is 0.600. The Hall–Kier alpha value is -1.03. The number of anilines is 2. The molecule has 0 radical (unpaired) electrons. The highest BCUT2D eigenvalue weighted by molar-refractivity contribution is 6.25. The summed E-state index contributed by atoms with van der Waals surface area (Å²) in [6.45, 7) is 0. The second-order valence-corrected chi connectivity index (χ2v) is 4.25. The van der Waals surface area contributed by atoms with Gasteiger partial charge in [-0.25, -0.2) is 9.40 Å². The fourth-order valence-electron chi connectivity index (χ4n) is 1.94. The predicted molar refractivity (Wildman–Crippen MR) is 61.6 cm³/mol. The van der Waals surface area contributed by atoms with E-state index in [-0.39, 0.29) is 0 Å². The molecule has 0 bridgehead atoms. The number of nitrogens with two attached hydrogens (primary N) is 1. The molecule has 0 aliphatic heterocycles. The van der Waals surface area contributed by atoms with Crippen molar-refractivity contribution >= 4 is 23.5 Å². The van der Waals surface area contributed by atoms with Crippen molar-refractivity contribution in [3.63, 3.8) is 0 Å². The number of halogens is 1. The molecule has 0 atom stereocenters. The molecule has 15 heavy (non-hydrogen) atoms. The van der Waals surface area contributed by atoms with Gasteiger partial charge in [-0.3, -0.25) is 0 Å². The summed E-state index contributed by atoms with van der Waals surface area (Å²) in [5, 5.41) is 0. The van der Waals surface area contributed by atoms with Crippen molar-refractivity contribution in [3.05, 3.63) is 12.3 Å². The van der Waals surface area contributed by atoms with E-state index < -0.39 is 0 Å². The maximum Gasteiger partial charge on any atom is 0.242 e. The normalized spacial score (nSPS) is 17.7. The first-order chi connectivity index (χ1) is 7.27. The van der Waals surface area contributed by atoms with Gasteiger partial charge in [0.1, 0.15) is 5.82 Å². The van der Waals surface area contributed by atoms with Crippen LogP contribution in [-0.4, -0.2) is 16.0 Å². The quantitative estimate of drug-likeness (QED) is 0.787. The number of hydrogen-bond acceptors (Lipinski definition) is 4. The van der Waals surface area contributed by atoms with Crippen molar-refractivity contribution in [1.29, 1.82) is 0 Å². The Morgan fingerprint density at radius 3 is 2.73 bits per heavy atom. The Kier molecular flexibility index (Phi) is 3.26. The topological polar surface area (TPSA) is 55.0 Å². The number of nitrogen functional groups attached to an aromatic ring is 1. The summed E-state index contributed by atoms with van der Waals surface area (Å²) in [6, 6.07) is 2.01. The SMILES string of the molecule is Nc1ccnc(N(Cl)C2CCCCC2)n1. The van der Waals surface area contributed by atoms with Crippen LogP contribution in [0.1, 0.15) is 32.1 Å². The molecule has 1 aliphatic carbocycles. The van der Waals surface area contributed by atoms with E-state index >= 15 is 0 Å². The van der Waals surface area contributed by atoms with Crippen LogP contribution in [0.15, 0.2) is 12.3 Å². The minimum atomic E-state index is 0.349. The molecule has 0 aromatic carbocycles. The molecule has 1 aromatic rings. The number of hydrogen-bond donors (Lipinski definition) is 1. The van der Waals surface area contributed by atoms with Crippen molar-refractivity contribution in [2.24, 2.45) is 0 Å². The van der Waals surface area contributed by atoms with Gasteiger partial charge < -0.3 is 5.73 Å². The third-order valence-corrected chi connectivity index (χ3v) is 3.18. The summed E-state index contributed by atoms with van der Waals surface area (Å²) in [6.07, 6.45) is 7.63. The third kappa shape index (κ3) is 2.50. The molecule has 5 heteroatoms. The first kappa shape index (κ1) is 10.5. The lowest BCUT2D eigenvalue weighted by Crippen LogP contribution is -2.30. The average Bonchev–Trinajstić information content (AvgIpc) is 2.29. The molecule has 4 nitrogen and oxygen atoms in total. The zero-order chi connectivity index (χ0) is 10.7. The van der Waals surface area contributed by atoms with E-state index in [0.29, 0.717) is 17.8 Å². The zero-order valence-electron chi connectivity index (χ0n) is 8.56. The van der Waals surface area contributed by atoms with Gasteiger partial charge in [0.05, 0.1) is 0 Å². The van der Waals surface area contributed by atoms with E-state index in [4.69, 9.17) is 17.5 Å². The van der Waals surface area contributed by atoms with Crippen molar-refractivity contribution in [1.82, 2.24) is 9.97 Å². The van der Waals surface area contributed by atoms with E-state index in [0.717, 1.165) is 12.8 Å². The average molecular weight is 227 g/mol. The summed E-state index contributed by atoms with van der Waals surface area (Å²) < 4.78 is 1.63. The molecule has 2 rings (SSSR count). The maximum absolute atomic E-state index is 6.21. The van der Waals surface area contributed by atoms with Gasteiger partial charge in [0.15, 0.2) is 0 Å². The molecule has 1 heterocycles. The number of rotatable bonds is 2. The Morgan fingerprint density at radius 1 is 1.33 bits per heavy atom. The van der Waals surface area contributed by atoms with Gasteiger partial charge >= 0.3 is 0 Å². The summed E-state index contributed by atoms with van der Waals surface area (Å²) >= 11 is 6.21. The Bertz CT molecular complexity index is 325. The van der Waals surface area contributed by atoms with Gasteiger partial charge in [-0.05, 0) is 18.9 Å². The van der Waals surface area contributed by atoms with E-state index in [1.54, 1.807) is 16.7 Å². The van der Waals surface area contributed by atoms with Gasteiger partial charge in [0.25, 0.3) is 0 Å². The van der Waals surface area contributed by atoms with Crippen LogP contribution in [0, 0.1) is 0 Å². The third-order valence-electron chi connectivity index (χ3n) is 2.75. The van der Waals surface area contributed by atoms with E-state index in [1.165, 1.54) is 19.3 Å². The molecule has 82 valence electrons. The van der Waals surface area contributed by atoms with Gasteiger partial charge in [0, 0.05) is 24.0 Å². The first-order valence-corrected chi connectivity index (χ1v) is 5.65. The minimum Gasteiger partial charge on any atom is -0.384 e. The van der Waals surface area contributed by atoms with Crippen molar-refractivity contribution in [2.75, 3.05) is 10.2 Å². The largest absolute Gasteiger partial charge is 0.384 e. The molecular formula is C10H15ClN4. The van der Waals surface area contributed by atoms with Crippen LogP contribution >= 0.6 is 11.8 Å². The Labute approximate surface area is 94.6 Å². The number of aromatic nitrogens is 2. The molecular weight excluding hydrogens is 212 g/mol. The molecule has 1 aromatic heterocycles. The van der Waals surface area contributed by atoms with Crippen LogP contribution in [0.2, 0.25) is 0 Å². The van der Waals surface area contributed by atoms with Crippen LogP contribution in [0.3, 0.4) is 0 Å². The van der Waals surface area contributed by atoms with Crippen molar-refractivity contribution in [2.45, 2.75) is 38.1 Å². The monoisotopic (exact) mass is 226 g/mol. The summed E-state index contributed by atoms with van der Waals surface area (Å²) in [7, 11) is 0. The van der Waals surface area contributed by atoms with Crippen LogP contribution in [0.5, 0.6) is 0 Å². The van der Waals surface area contributed by atoms with Crippen LogP contribution < -0.4 is 10.2 Å². The smallest absolute Gasteiger partial charge is 0.242 e. The zero-order valence-corrected chi connectivity index (χ0v) is 9.32. The number of nitrogens with zero attached hydrogens (tertiary/aromatic N) is 3. The van der Waals surface area contributed by atoms with Gasteiger partial charge in [-0.1, -0.05) is 19.3 Å². The molecule has 1 aliphatic rings. The highest BCUT2D eigenvalue weighted by Crippen LogP contribution is 2.26. The van der Waals surface area contributed by atoms with Crippen molar-refractivity contribution in [3.8, 4) is 0 Å². The fourth-order valence-corrected chi connectivity index (χ4v) is 2.21. The Balaban J connectivity index is 2.08. The molecule has 0 unspecified atom stereocenters. The summed E-state index contributed by atoms with van der Waals surface area (Å²) in [4.78, 5) is 8.23. The van der Waals surface area contributed by atoms with Crippen LogP contribution in [0.4, 0.5) is 11.8 Å². The van der Waals surface area contributed by atoms with Crippen LogP contribution in [-0.2, 0) is 0 Å². The standard InChI is InChI=1S/C10H15ClN4/c11-15(8-4-2-1-3-5-8)10-13-7-6-9(12)14-10/h6-8H,1-5H2,(H2,12,13,14). The molecule has 1 fully saturated rings. The summed E-state index contributed by atoms with van der Waals surface area (Å²) in [5.74, 6) is 0.977. The predicted octanol–water partition coefficient (Wildman–Crippen LogP) is 2.35. The molecule has 0 spiro atoms. The molecule has 1 saturated carbocycles. The van der Waals surface area contributed by atoms with E-state index in [9.17, 15) is 0 Å². The molecule has 0 amide bonds. The first-order valence-electron chi connectivity index (χ1n) is 5.31. The Morgan fingerprint density at radius 2 is 2.07 bits per heavy atom. The van der Waals surface area contributed by atoms with Crippen molar-refractivity contribution < 1.29 is 0 Å². The van der Waals surface area contributed by atoms with E-state index in [1.807, 2.05) is 0 Å². The highest BCUT2D eigenvalue weighted by atomic mass is 35.5. The lowest BCUT2D eigenvalue weighted by molar-refractivity contribution is 0.442. The van der Waals surface area contributed by atoms with Gasteiger partial charge in [-0.15, -0.1) is 0 Å². The van der Waals surface area contributed by atoms with Gasteiger partial charge in [-0.2, -0.15) is 4.98 Å². The highest BCUT2D eigenvalue weighted by Gasteiger charge is 2.21. The molecule has 0 saturated heterocycles. The maximum atomic E-state index is 6.21. The molecule has 2 N–H and O–H groups in total. The summed E-state index contributed by atoms with van der Waals surface area (Å²) in [5.41, 5.74) is 5.59.